The first-order valence-corrected chi connectivity index (χ1v) is 12.8. The standard InChI is InChI=1S/C31H31N5O/c1-37-27-19-26(20-32-21-27)35-29-28-17-18-36(30(28)34-22-33-29)31(23-11-5-2-6-12-23,24-13-7-3-8-14-24)25-15-9-4-10-16-25/h2-18,22,26-27,32H,19-21H2,1H3,(H,33,34,35)/t26-,27-/m1/s1. The molecule has 0 bridgehead atoms. The van der Waals surface area contributed by atoms with E-state index in [1.165, 1.54) is 0 Å². The van der Waals surface area contributed by atoms with Crippen molar-refractivity contribution in [2.75, 3.05) is 25.5 Å². The summed E-state index contributed by atoms with van der Waals surface area (Å²) in [5, 5.41) is 8.12. The number of ether oxygens (including phenoxy) is 1. The molecule has 0 spiro atoms. The first-order valence-electron chi connectivity index (χ1n) is 12.8. The monoisotopic (exact) mass is 489 g/mol. The molecule has 1 aliphatic heterocycles. The summed E-state index contributed by atoms with van der Waals surface area (Å²) in [5.74, 6) is 0.843. The zero-order valence-corrected chi connectivity index (χ0v) is 20.9. The van der Waals surface area contributed by atoms with Crippen LogP contribution in [0.5, 0.6) is 0 Å². The summed E-state index contributed by atoms with van der Waals surface area (Å²) in [6, 6.07) is 34.4. The van der Waals surface area contributed by atoms with Crippen LogP contribution >= 0.6 is 0 Å². The van der Waals surface area contributed by atoms with Crippen LogP contribution in [0, 0.1) is 0 Å². The lowest BCUT2D eigenvalue weighted by Crippen LogP contribution is -2.46. The van der Waals surface area contributed by atoms with E-state index in [-0.39, 0.29) is 12.1 Å². The summed E-state index contributed by atoms with van der Waals surface area (Å²) in [5.41, 5.74) is 3.75. The smallest absolute Gasteiger partial charge is 0.146 e. The van der Waals surface area contributed by atoms with Gasteiger partial charge in [-0.15, -0.1) is 0 Å². The Balaban J connectivity index is 1.56. The van der Waals surface area contributed by atoms with Crippen LogP contribution in [0.3, 0.4) is 0 Å². The summed E-state index contributed by atoms with van der Waals surface area (Å²) in [7, 11) is 1.77. The van der Waals surface area contributed by atoms with Crippen molar-refractivity contribution in [3.8, 4) is 0 Å². The Morgan fingerprint density at radius 1 is 0.811 bits per heavy atom. The van der Waals surface area contributed by atoms with Crippen LogP contribution in [0.25, 0.3) is 11.0 Å². The van der Waals surface area contributed by atoms with Gasteiger partial charge in [-0.3, -0.25) is 0 Å². The van der Waals surface area contributed by atoms with Gasteiger partial charge in [0.05, 0.1) is 11.5 Å². The largest absolute Gasteiger partial charge is 0.380 e. The molecule has 2 atom stereocenters. The molecule has 1 saturated heterocycles. The lowest BCUT2D eigenvalue weighted by Gasteiger charge is -2.38. The van der Waals surface area contributed by atoms with Crippen LogP contribution in [0.15, 0.2) is 110 Å². The van der Waals surface area contributed by atoms with Crippen molar-refractivity contribution in [2.45, 2.75) is 24.1 Å². The van der Waals surface area contributed by atoms with Crippen LogP contribution in [0.1, 0.15) is 23.1 Å². The molecule has 3 aromatic carbocycles. The molecule has 5 aromatic rings. The number of fused-ring (bicyclic) bond motifs is 1. The third-order valence-corrected chi connectivity index (χ3v) is 7.40. The van der Waals surface area contributed by atoms with Crippen molar-refractivity contribution in [3.63, 3.8) is 0 Å². The van der Waals surface area contributed by atoms with E-state index in [2.05, 4.69) is 123 Å². The number of benzene rings is 3. The highest BCUT2D eigenvalue weighted by atomic mass is 16.5. The predicted molar refractivity (Wildman–Crippen MR) is 148 cm³/mol. The molecular weight excluding hydrogens is 458 g/mol. The summed E-state index contributed by atoms with van der Waals surface area (Å²) in [6.45, 7) is 1.74. The summed E-state index contributed by atoms with van der Waals surface area (Å²) < 4.78 is 7.90. The quantitative estimate of drug-likeness (QED) is 0.313. The van der Waals surface area contributed by atoms with E-state index >= 15 is 0 Å². The Morgan fingerprint density at radius 2 is 1.41 bits per heavy atom. The Kier molecular flexibility index (Phi) is 6.43. The number of aromatic nitrogens is 3. The molecule has 0 aliphatic carbocycles. The van der Waals surface area contributed by atoms with E-state index in [1.54, 1.807) is 13.4 Å². The van der Waals surface area contributed by atoms with E-state index in [0.29, 0.717) is 0 Å². The van der Waals surface area contributed by atoms with Gasteiger partial charge in [-0.2, -0.15) is 0 Å². The second-order valence-corrected chi connectivity index (χ2v) is 9.55. The van der Waals surface area contributed by atoms with Gasteiger partial charge in [0, 0.05) is 32.4 Å². The normalized spacial score (nSPS) is 18.1. The molecule has 2 aromatic heterocycles. The zero-order chi connectivity index (χ0) is 25.1. The van der Waals surface area contributed by atoms with Crippen molar-refractivity contribution >= 4 is 16.9 Å². The van der Waals surface area contributed by atoms with Crippen LogP contribution in [0.4, 0.5) is 5.82 Å². The van der Waals surface area contributed by atoms with E-state index in [9.17, 15) is 0 Å². The average Bonchev–Trinajstić information content (AvgIpc) is 3.41. The van der Waals surface area contributed by atoms with Gasteiger partial charge >= 0.3 is 0 Å². The number of nitrogens with zero attached hydrogens (tertiary/aromatic N) is 3. The van der Waals surface area contributed by atoms with Crippen LogP contribution < -0.4 is 10.6 Å². The maximum Gasteiger partial charge on any atom is 0.146 e. The van der Waals surface area contributed by atoms with Gasteiger partial charge in [0.25, 0.3) is 0 Å². The van der Waals surface area contributed by atoms with Crippen LogP contribution in [0.2, 0.25) is 0 Å². The van der Waals surface area contributed by atoms with Crippen molar-refractivity contribution in [1.82, 2.24) is 19.9 Å². The maximum absolute atomic E-state index is 5.60. The highest BCUT2D eigenvalue weighted by Gasteiger charge is 2.39. The first kappa shape index (κ1) is 23.4. The first-order chi connectivity index (χ1) is 18.3. The molecule has 0 amide bonds. The van der Waals surface area contributed by atoms with Crippen molar-refractivity contribution in [2.24, 2.45) is 0 Å². The fraction of sp³-hybridized carbons (Fsp3) is 0.226. The minimum atomic E-state index is -0.620. The lowest BCUT2D eigenvalue weighted by molar-refractivity contribution is 0.0770. The number of anilines is 1. The molecule has 1 fully saturated rings. The van der Waals surface area contributed by atoms with Crippen LogP contribution in [-0.4, -0.2) is 46.9 Å². The number of rotatable bonds is 7. The van der Waals surface area contributed by atoms with E-state index in [4.69, 9.17) is 9.72 Å². The maximum atomic E-state index is 5.60. The third kappa shape index (κ3) is 4.18. The molecule has 186 valence electrons. The van der Waals surface area contributed by atoms with Crippen LogP contribution in [-0.2, 0) is 10.3 Å². The molecule has 1 aliphatic rings. The number of piperidine rings is 1. The van der Waals surface area contributed by atoms with E-state index in [0.717, 1.165) is 53.1 Å². The number of hydrogen-bond acceptors (Lipinski definition) is 5. The molecule has 0 radical (unpaired) electrons. The molecule has 2 N–H and O–H groups in total. The van der Waals surface area contributed by atoms with Crippen molar-refractivity contribution < 1.29 is 4.74 Å². The van der Waals surface area contributed by atoms with Crippen molar-refractivity contribution in [1.29, 1.82) is 0 Å². The number of nitrogens with one attached hydrogen (secondary N) is 2. The Hall–Kier alpha value is -4.00. The van der Waals surface area contributed by atoms with Crippen molar-refractivity contribution in [3.05, 3.63) is 126 Å². The Bertz CT molecular complexity index is 1360. The molecule has 3 heterocycles. The summed E-state index contributed by atoms with van der Waals surface area (Å²) >= 11 is 0. The van der Waals surface area contributed by atoms with Gasteiger partial charge in [-0.05, 0) is 29.2 Å². The molecule has 0 saturated carbocycles. The van der Waals surface area contributed by atoms with E-state index in [1.807, 2.05) is 0 Å². The lowest BCUT2D eigenvalue weighted by atomic mass is 9.76. The molecule has 37 heavy (non-hydrogen) atoms. The Morgan fingerprint density at radius 3 is 1.97 bits per heavy atom. The average molecular weight is 490 g/mol. The number of hydrogen-bond donors (Lipinski definition) is 2. The topological polar surface area (TPSA) is 64.0 Å². The number of methoxy groups -OCH3 is 1. The van der Waals surface area contributed by atoms with Gasteiger partial charge in [0.2, 0.25) is 0 Å². The van der Waals surface area contributed by atoms with Gasteiger partial charge < -0.3 is 19.9 Å². The summed E-state index contributed by atoms with van der Waals surface area (Å²) in [4.78, 5) is 9.50. The second-order valence-electron chi connectivity index (χ2n) is 9.55. The van der Waals surface area contributed by atoms with Gasteiger partial charge in [-0.1, -0.05) is 91.0 Å². The molecule has 6 nitrogen and oxygen atoms in total. The SMILES string of the molecule is CO[C@H]1CNC[C@H](Nc2ncnc3c2ccn3C(c2ccccc2)(c2ccccc2)c2ccccc2)C1. The minimum Gasteiger partial charge on any atom is -0.380 e. The van der Waals surface area contributed by atoms with Gasteiger partial charge in [0.15, 0.2) is 0 Å². The highest BCUT2D eigenvalue weighted by molar-refractivity contribution is 5.88. The second kappa shape index (κ2) is 10.2. The van der Waals surface area contributed by atoms with Gasteiger partial charge in [0.1, 0.15) is 23.3 Å². The Labute approximate surface area is 217 Å². The zero-order valence-electron chi connectivity index (χ0n) is 20.9. The fourth-order valence-electron chi connectivity index (χ4n) is 5.68. The molecular formula is C31H31N5O. The minimum absolute atomic E-state index is 0.190. The molecule has 6 rings (SSSR count). The predicted octanol–water partition coefficient (Wildman–Crippen LogP) is 5.06. The molecule has 0 unspecified atom stereocenters. The fourth-order valence-corrected chi connectivity index (χ4v) is 5.68. The van der Waals surface area contributed by atoms with Gasteiger partial charge in [-0.25, -0.2) is 9.97 Å². The highest BCUT2D eigenvalue weighted by Crippen LogP contribution is 2.43. The van der Waals surface area contributed by atoms with E-state index < -0.39 is 5.54 Å². The molecule has 6 heteroatoms. The summed E-state index contributed by atoms with van der Waals surface area (Å²) in [6.07, 6.45) is 4.93. The third-order valence-electron chi connectivity index (χ3n) is 7.40.